The van der Waals surface area contributed by atoms with Crippen molar-refractivity contribution in [3.8, 4) is 0 Å². The van der Waals surface area contributed by atoms with Gasteiger partial charge in [-0.1, -0.05) is 50.3 Å². The monoisotopic (exact) mass is 293 g/mol. The van der Waals surface area contributed by atoms with Crippen molar-refractivity contribution < 1.29 is 0 Å². The van der Waals surface area contributed by atoms with E-state index in [2.05, 4.69) is 65.1 Å². The summed E-state index contributed by atoms with van der Waals surface area (Å²) in [6, 6.07) is 0. The van der Waals surface area contributed by atoms with Crippen LogP contribution in [0.4, 0.5) is 0 Å². The summed E-state index contributed by atoms with van der Waals surface area (Å²) in [6.45, 7) is 8.60. The molecule has 4 heteroatoms. The van der Waals surface area contributed by atoms with Gasteiger partial charge in [-0.15, -0.1) is 10.2 Å². The van der Waals surface area contributed by atoms with E-state index in [1.54, 1.807) is 0 Å². The highest BCUT2D eigenvalue weighted by Crippen LogP contribution is 2.19. The van der Waals surface area contributed by atoms with E-state index in [1.165, 1.54) is 0 Å². The molecule has 0 fully saturated rings. The van der Waals surface area contributed by atoms with E-state index in [1.807, 2.05) is 0 Å². The Hall–Kier alpha value is -0.130. The number of rotatable bonds is 3. The first kappa shape index (κ1) is 10.9. The predicted molar refractivity (Wildman–Crippen MR) is 62.2 cm³/mol. The minimum absolute atomic E-state index is 0.453. The maximum atomic E-state index is 4.22. The summed E-state index contributed by atoms with van der Waals surface area (Å²) in [5, 5.41) is 8.43. The van der Waals surface area contributed by atoms with Crippen molar-refractivity contribution in [1.82, 2.24) is 14.8 Å². The topological polar surface area (TPSA) is 30.7 Å². The van der Waals surface area contributed by atoms with Crippen LogP contribution in [0.5, 0.6) is 0 Å². The molecule has 0 spiro atoms. The van der Waals surface area contributed by atoms with Crippen LogP contribution >= 0.6 is 22.6 Å². The van der Waals surface area contributed by atoms with Crippen LogP contribution in [-0.2, 0) is 4.55 Å². The summed E-state index contributed by atoms with van der Waals surface area (Å²) >= 11 is 2.35. The molecule has 1 rings (SSSR count). The number of alkyl halides is 1. The summed E-state index contributed by atoms with van der Waals surface area (Å²) in [6.07, 6.45) is 0. The Kier molecular flexibility index (Phi) is 3.70. The molecule has 0 amide bonds. The second kappa shape index (κ2) is 4.39. The molecule has 0 atom stereocenters. The molecular formula is C9H16IN3. The summed E-state index contributed by atoms with van der Waals surface area (Å²) in [4.78, 5) is 0. The van der Waals surface area contributed by atoms with Crippen LogP contribution < -0.4 is 0 Å². The standard InChI is InChI=1S/C9H16IN3/c1-6(2)8-11-12-9(7(3)4)13(8)5-10/h6-7H,5H2,1-4H3. The molecule has 0 N–H and O–H groups in total. The van der Waals surface area contributed by atoms with Crippen molar-refractivity contribution in [2.45, 2.75) is 44.1 Å². The van der Waals surface area contributed by atoms with Crippen molar-refractivity contribution in [2.75, 3.05) is 0 Å². The lowest BCUT2D eigenvalue weighted by molar-refractivity contribution is 0.661. The Morgan fingerprint density at radius 1 is 1.08 bits per heavy atom. The van der Waals surface area contributed by atoms with Gasteiger partial charge in [0.25, 0.3) is 0 Å². The number of halogens is 1. The first-order valence-electron chi connectivity index (χ1n) is 4.56. The van der Waals surface area contributed by atoms with Crippen molar-refractivity contribution in [3.63, 3.8) is 0 Å². The van der Waals surface area contributed by atoms with Gasteiger partial charge < -0.3 is 4.57 Å². The minimum Gasteiger partial charge on any atom is -0.305 e. The summed E-state index contributed by atoms with van der Waals surface area (Å²) < 4.78 is 3.14. The fourth-order valence-electron chi connectivity index (χ4n) is 1.30. The zero-order chi connectivity index (χ0) is 10.0. The van der Waals surface area contributed by atoms with Crippen LogP contribution in [0.15, 0.2) is 0 Å². The van der Waals surface area contributed by atoms with E-state index < -0.39 is 0 Å². The first-order chi connectivity index (χ1) is 6.07. The molecular weight excluding hydrogens is 277 g/mol. The maximum absolute atomic E-state index is 4.22. The van der Waals surface area contributed by atoms with E-state index in [0.29, 0.717) is 11.8 Å². The highest BCUT2D eigenvalue weighted by molar-refractivity contribution is 14.1. The van der Waals surface area contributed by atoms with Crippen LogP contribution in [0.3, 0.4) is 0 Å². The van der Waals surface area contributed by atoms with Gasteiger partial charge in [0.15, 0.2) is 0 Å². The van der Waals surface area contributed by atoms with Gasteiger partial charge >= 0.3 is 0 Å². The molecule has 74 valence electrons. The molecule has 1 aromatic heterocycles. The van der Waals surface area contributed by atoms with Crippen molar-refractivity contribution in [1.29, 1.82) is 0 Å². The van der Waals surface area contributed by atoms with Crippen LogP contribution in [0, 0.1) is 0 Å². The Morgan fingerprint density at radius 3 is 1.69 bits per heavy atom. The normalized spacial score (nSPS) is 11.6. The SMILES string of the molecule is CC(C)c1nnc(C(C)C)n1CI. The fraction of sp³-hybridized carbons (Fsp3) is 0.778. The molecule has 3 nitrogen and oxygen atoms in total. The second-order valence-electron chi connectivity index (χ2n) is 3.77. The lowest BCUT2D eigenvalue weighted by Crippen LogP contribution is -2.07. The Bertz CT molecular complexity index is 253. The van der Waals surface area contributed by atoms with Crippen LogP contribution in [0.1, 0.15) is 51.2 Å². The van der Waals surface area contributed by atoms with Gasteiger partial charge in [-0.25, -0.2) is 0 Å². The number of hydrogen-bond acceptors (Lipinski definition) is 2. The predicted octanol–water partition coefficient (Wildman–Crippen LogP) is 2.92. The molecule has 13 heavy (non-hydrogen) atoms. The molecule has 0 unspecified atom stereocenters. The van der Waals surface area contributed by atoms with Crippen LogP contribution in [0.25, 0.3) is 0 Å². The molecule has 1 heterocycles. The van der Waals surface area contributed by atoms with E-state index in [0.717, 1.165) is 16.2 Å². The van der Waals surface area contributed by atoms with Gasteiger partial charge in [-0.2, -0.15) is 0 Å². The third kappa shape index (κ3) is 2.21. The van der Waals surface area contributed by atoms with Gasteiger partial charge in [-0.05, 0) is 0 Å². The fourth-order valence-corrected chi connectivity index (χ4v) is 2.00. The Labute approximate surface area is 93.1 Å². The lowest BCUT2D eigenvalue weighted by Gasteiger charge is -2.10. The highest BCUT2D eigenvalue weighted by Gasteiger charge is 2.15. The van der Waals surface area contributed by atoms with E-state index >= 15 is 0 Å². The van der Waals surface area contributed by atoms with Gasteiger partial charge in [0, 0.05) is 11.8 Å². The van der Waals surface area contributed by atoms with Crippen LogP contribution in [-0.4, -0.2) is 14.8 Å². The van der Waals surface area contributed by atoms with Gasteiger partial charge in [-0.3, -0.25) is 0 Å². The quantitative estimate of drug-likeness (QED) is 0.633. The zero-order valence-electron chi connectivity index (χ0n) is 8.58. The first-order valence-corrected chi connectivity index (χ1v) is 6.09. The number of hydrogen-bond donors (Lipinski definition) is 0. The molecule has 1 aromatic rings. The van der Waals surface area contributed by atoms with E-state index in [9.17, 15) is 0 Å². The molecule has 0 bridgehead atoms. The summed E-state index contributed by atoms with van der Waals surface area (Å²) in [5.74, 6) is 3.10. The smallest absolute Gasteiger partial charge is 0.136 e. The molecule has 0 saturated carbocycles. The lowest BCUT2D eigenvalue weighted by atomic mass is 10.2. The van der Waals surface area contributed by atoms with E-state index in [-0.39, 0.29) is 0 Å². The van der Waals surface area contributed by atoms with E-state index in [4.69, 9.17) is 0 Å². The average molecular weight is 293 g/mol. The van der Waals surface area contributed by atoms with Gasteiger partial charge in [0.2, 0.25) is 0 Å². The number of aromatic nitrogens is 3. The van der Waals surface area contributed by atoms with Gasteiger partial charge in [0.1, 0.15) is 11.6 Å². The summed E-state index contributed by atoms with van der Waals surface area (Å²) in [7, 11) is 0. The molecule has 0 radical (unpaired) electrons. The summed E-state index contributed by atoms with van der Waals surface area (Å²) in [5.41, 5.74) is 0. The Balaban J connectivity index is 3.10. The van der Waals surface area contributed by atoms with Crippen molar-refractivity contribution in [3.05, 3.63) is 11.6 Å². The largest absolute Gasteiger partial charge is 0.305 e. The molecule has 0 saturated heterocycles. The molecule has 0 aliphatic carbocycles. The second-order valence-corrected chi connectivity index (χ2v) is 4.46. The van der Waals surface area contributed by atoms with Crippen molar-refractivity contribution >= 4 is 22.6 Å². The third-order valence-corrected chi connectivity index (χ3v) is 2.64. The maximum Gasteiger partial charge on any atom is 0.136 e. The molecule has 0 aromatic carbocycles. The molecule has 0 aliphatic heterocycles. The highest BCUT2D eigenvalue weighted by atomic mass is 127. The Morgan fingerprint density at radius 2 is 1.46 bits per heavy atom. The zero-order valence-corrected chi connectivity index (χ0v) is 10.7. The third-order valence-electron chi connectivity index (χ3n) is 1.96. The molecule has 0 aliphatic rings. The van der Waals surface area contributed by atoms with Crippen LogP contribution in [0.2, 0.25) is 0 Å². The van der Waals surface area contributed by atoms with Gasteiger partial charge in [0.05, 0.1) is 4.55 Å². The minimum atomic E-state index is 0.453. The van der Waals surface area contributed by atoms with Crippen molar-refractivity contribution in [2.24, 2.45) is 0 Å². The average Bonchev–Trinajstić information content (AvgIpc) is 2.46. The number of nitrogens with zero attached hydrogens (tertiary/aromatic N) is 3.